The average Bonchev–Trinajstić information content (AvgIpc) is 3.55. The first-order chi connectivity index (χ1) is 16.0. The van der Waals surface area contributed by atoms with Crippen LogP contribution in [0.5, 0.6) is 0 Å². The summed E-state index contributed by atoms with van der Waals surface area (Å²) in [5.74, 6) is -0.497. The molecule has 8 heteroatoms. The number of amides is 1. The third kappa shape index (κ3) is 5.09. The SMILES string of the molecule is CC[C@H]1CCN(C[C@@H]2CCCN2C(=O)Cc2cncn2Cc2ccc(C#N)cc2)[C@@H]1C(=O)O. The summed E-state index contributed by atoms with van der Waals surface area (Å²) < 4.78 is 1.97. The number of rotatable bonds is 8. The second-order valence-electron chi connectivity index (χ2n) is 9.12. The molecule has 2 saturated heterocycles. The fraction of sp³-hybridized carbons (Fsp3) is 0.520. The monoisotopic (exact) mass is 449 g/mol. The number of nitriles is 1. The molecule has 3 atom stereocenters. The van der Waals surface area contributed by atoms with Crippen LogP contribution in [0.2, 0.25) is 0 Å². The lowest BCUT2D eigenvalue weighted by Gasteiger charge is -2.31. The van der Waals surface area contributed by atoms with Crippen LogP contribution < -0.4 is 0 Å². The zero-order valence-electron chi connectivity index (χ0n) is 19.1. The molecule has 3 heterocycles. The van der Waals surface area contributed by atoms with E-state index >= 15 is 0 Å². The molecule has 1 N–H and O–H groups in total. The zero-order chi connectivity index (χ0) is 23.4. The molecule has 2 fully saturated rings. The first-order valence-corrected chi connectivity index (χ1v) is 11.7. The summed E-state index contributed by atoms with van der Waals surface area (Å²) in [6.07, 6.45) is 7.37. The quantitative estimate of drug-likeness (QED) is 0.664. The van der Waals surface area contributed by atoms with Crippen LogP contribution in [0.4, 0.5) is 0 Å². The van der Waals surface area contributed by atoms with E-state index in [9.17, 15) is 14.7 Å². The summed E-state index contributed by atoms with van der Waals surface area (Å²) in [5, 5.41) is 18.7. The Balaban J connectivity index is 1.40. The number of nitrogens with zero attached hydrogens (tertiary/aromatic N) is 5. The molecule has 0 saturated carbocycles. The average molecular weight is 450 g/mol. The molecule has 8 nitrogen and oxygen atoms in total. The Morgan fingerprint density at radius 1 is 1.21 bits per heavy atom. The molecule has 33 heavy (non-hydrogen) atoms. The molecule has 0 spiro atoms. The maximum Gasteiger partial charge on any atom is 0.321 e. The number of benzene rings is 1. The highest BCUT2D eigenvalue weighted by Gasteiger charge is 2.41. The largest absolute Gasteiger partial charge is 0.480 e. The number of imidazole rings is 1. The minimum Gasteiger partial charge on any atom is -0.480 e. The molecule has 1 aromatic carbocycles. The Morgan fingerprint density at radius 2 is 2.00 bits per heavy atom. The van der Waals surface area contributed by atoms with E-state index in [0.29, 0.717) is 18.7 Å². The van der Waals surface area contributed by atoms with Gasteiger partial charge in [0.05, 0.1) is 24.4 Å². The van der Waals surface area contributed by atoms with Crippen LogP contribution in [0, 0.1) is 17.2 Å². The fourth-order valence-corrected chi connectivity index (χ4v) is 5.32. The van der Waals surface area contributed by atoms with E-state index in [1.165, 1.54) is 0 Å². The van der Waals surface area contributed by atoms with Crippen LogP contribution in [-0.2, 0) is 22.6 Å². The minimum atomic E-state index is -0.748. The van der Waals surface area contributed by atoms with Gasteiger partial charge in [-0.2, -0.15) is 5.26 Å². The Labute approximate surface area is 194 Å². The van der Waals surface area contributed by atoms with Gasteiger partial charge in [-0.1, -0.05) is 25.5 Å². The van der Waals surface area contributed by atoms with Crippen LogP contribution >= 0.6 is 0 Å². The molecular formula is C25H31N5O3. The second-order valence-corrected chi connectivity index (χ2v) is 9.12. The third-order valence-corrected chi connectivity index (χ3v) is 7.11. The molecule has 0 radical (unpaired) electrons. The number of carbonyl (C=O) groups is 2. The van der Waals surface area contributed by atoms with Gasteiger partial charge in [0.25, 0.3) is 0 Å². The normalized spacial score (nSPS) is 23.0. The third-order valence-electron chi connectivity index (χ3n) is 7.11. The molecule has 2 aromatic rings. The minimum absolute atomic E-state index is 0.0600. The van der Waals surface area contributed by atoms with Crippen molar-refractivity contribution in [2.45, 2.75) is 57.7 Å². The van der Waals surface area contributed by atoms with Crippen molar-refractivity contribution in [1.29, 1.82) is 5.26 Å². The number of carboxylic acid groups (broad SMARTS) is 1. The lowest BCUT2D eigenvalue weighted by Crippen LogP contribution is -2.48. The number of likely N-dealkylation sites (tertiary alicyclic amines) is 2. The van der Waals surface area contributed by atoms with Crippen molar-refractivity contribution < 1.29 is 14.7 Å². The summed E-state index contributed by atoms with van der Waals surface area (Å²) in [6.45, 7) is 4.77. The predicted octanol–water partition coefficient (Wildman–Crippen LogP) is 2.52. The van der Waals surface area contributed by atoms with Crippen molar-refractivity contribution >= 4 is 11.9 Å². The van der Waals surface area contributed by atoms with E-state index in [4.69, 9.17) is 5.26 Å². The summed E-state index contributed by atoms with van der Waals surface area (Å²) in [6, 6.07) is 9.15. The molecule has 2 aliphatic heterocycles. The van der Waals surface area contributed by atoms with E-state index in [1.807, 2.05) is 21.6 Å². The molecule has 174 valence electrons. The van der Waals surface area contributed by atoms with E-state index in [1.54, 1.807) is 24.7 Å². The number of aromatic nitrogens is 2. The summed E-state index contributed by atoms with van der Waals surface area (Å²) >= 11 is 0. The molecule has 0 aliphatic carbocycles. The van der Waals surface area contributed by atoms with Gasteiger partial charge in [0.15, 0.2) is 0 Å². The van der Waals surface area contributed by atoms with Crippen molar-refractivity contribution in [2.75, 3.05) is 19.6 Å². The van der Waals surface area contributed by atoms with Crippen LogP contribution in [0.25, 0.3) is 0 Å². The first-order valence-electron chi connectivity index (χ1n) is 11.7. The molecular weight excluding hydrogens is 418 g/mol. The number of hydrogen-bond donors (Lipinski definition) is 1. The Morgan fingerprint density at radius 3 is 2.70 bits per heavy atom. The standard InChI is InChI=1S/C25H31N5O3/c1-2-20-9-11-28(24(20)25(32)33)16-21-4-3-10-30(21)23(31)12-22-14-27-17-29(22)15-19-7-5-18(13-26)6-8-19/h5-8,14,17,20-21,24H,2-4,9-12,15-16H2,1H3,(H,32,33)/t20-,21-,24-/m0/s1. The van der Waals surface area contributed by atoms with Gasteiger partial charge in [-0.3, -0.25) is 14.5 Å². The van der Waals surface area contributed by atoms with Gasteiger partial charge in [0.1, 0.15) is 6.04 Å². The predicted molar refractivity (Wildman–Crippen MR) is 122 cm³/mol. The molecule has 2 aliphatic rings. The highest BCUT2D eigenvalue weighted by Crippen LogP contribution is 2.30. The lowest BCUT2D eigenvalue weighted by molar-refractivity contribution is -0.143. The van der Waals surface area contributed by atoms with Gasteiger partial charge in [-0.05, 0) is 49.4 Å². The lowest BCUT2D eigenvalue weighted by atomic mass is 9.97. The number of hydrogen-bond acceptors (Lipinski definition) is 5. The topological polar surface area (TPSA) is 102 Å². The van der Waals surface area contributed by atoms with Crippen molar-refractivity contribution in [2.24, 2.45) is 5.92 Å². The van der Waals surface area contributed by atoms with Gasteiger partial charge in [0.2, 0.25) is 5.91 Å². The Kier molecular flexibility index (Phi) is 7.09. The molecule has 1 aromatic heterocycles. The fourth-order valence-electron chi connectivity index (χ4n) is 5.32. The van der Waals surface area contributed by atoms with Crippen molar-refractivity contribution in [3.63, 3.8) is 0 Å². The van der Waals surface area contributed by atoms with E-state index in [2.05, 4.69) is 22.9 Å². The van der Waals surface area contributed by atoms with Gasteiger partial charge in [-0.15, -0.1) is 0 Å². The highest BCUT2D eigenvalue weighted by molar-refractivity contribution is 5.79. The second kappa shape index (κ2) is 10.2. The summed E-state index contributed by atoms with van der Waals surface area (Å²) in [7, 11) is 0. The Hall–Kier alpha value is -3.18. The maximum atomic E-state index is 13.2. The number of aliphatic carboxylic acids is 1. The van der Waals surface area contributed by atoms with E-state index < -0.39 is 12.0 Å². The Bertz CT molecular complexity index is 1030. The van der Waals surface area contributed by atoms with Gasteiger partial charge in [0, 0.05) is 37.6 Å². The van der Waals surface area contributed by atoms with Crippen LogP contribution in [0.15, 0.2) is 36.8 Å². The van der Waals surface area contributed by atoms with E-state index in [0.717, 1.165) is 50.0 Å². The van der Waals surface area contributed by atoms with Gasteiger partial charge < -0.3 is 14.6 Å². The smallest absolute Gasteiger partial charge is 0.321 e. The molecule has 4 rings (SSSR count). The van der Waals surface area contributed by atoms with Gasteiger partial charge in [-0.25, -0.2) is 4.98 Å². The number of carboxylic acids is 1. The van der Waals surface area contributed by atoms with Gasteiger partial charge >= 0.3 is 5.97 Å². The number of carbonyl (C=O) groups excluding carboxylic acids is 1. The van der Waals surface area contributed by atoms with Crippen molar-refractivity contribution in [1.82, 2.24) is 19.4 Å². The van der Waals surface area contributed by atoms with Crippen molar-refractivity contribution in [3.05, 3.63) is 53.6 Å². The maximum absolute atomic E-state index is 13.2. The van der Waals surface area contributed by atoms with Crippen molar-refractivity contribution in [3.8, 4) is 6.07 Å². The zero-order valence-corrected chi connectivity index (χ0v) is 19.1. The molecule has 0 bridgehead atoms. The summed E-state index contributed by atoms with van der Waals surface area (Å²) in [4.78, 5) is 33.4. The molecule has 0 unspecified atom stereocenters. The van der Waals surface area contributed by atoms with Crippen LogP contribution in [0.1, 0.15) is 49.4 Å². The first kappa shape index (κ1) is 23.0. The van der Waals surface area contributed by atoms with E-state index in [-0.39, 0.29) is 24.3 Å². The molecule has 1 amide bonds. The highest BCUT2D eigenvalue weighted by atomic mass is 16.4. The summed E-state index contributed by atoms with van der Waals surface area (Å²) in [5.41, 5.74) is 2.51. The van der Waals surface area contributed by atoms with Crippen LogP contribution in [-0.4, -0.2) is 68.1 Å². The van der Waals surface area contributed by atoms with Crippen LogP contribution in [0.3, 0.4) is 0 Å².